The van der Waals surface area contributed by atoms with Crippen molar-refractivity contribution in [3.8, 4) is 0 Å². The lowest BCUT2D eigenvalue weighted by Crippen LogP contribution is -2.43. The Hall–Kier alpha value is -0.405. The van der Waals surface area contributed by atoms with Crippen LogP contribution in [0.1, 0.15) is 0 Å². The number of rotatable bonds is 2. The first-order valence-electron chi connectivity index (χ1n) is 3.71. The monoisotopic (exact) mass is 148 g/mol. The molecule has 0 radical (unpaired) electrons. The van der Waals surface area contributed by atoms with E-state index in [0.717, 1.165) is 0 Å². The Bertz CT molecular complexity index is 173. The Morgan fingerprint density at radius 3 is 1.64 bits per heavy atom. The van der Waals surface area contributed by atoms with Crippen LogP contribution in [0.2, 0.25) is 10.3 Å². The first-order valence-corrected chi connectivity index (χ1v) is 3.71. The van der Waals surface area contributed by atoms with Gasteiger partial charge in [0.05, 0.1) is 23.5 Å². The fourth-order valence-electron chi connectivity index (χ4n) is 0.509. The maximum absolute atomic E-state index is 8.50. The van der Waals surface area contributed by atoms with Gasteiger partial charge in [-0.05, 0) is 5.21 Å². The van der Waals surface area contributed by atoms with E-state index in [1.54, 1.807) is 0 Å². The highest BCUT2D eigenvalue weighted by Crippen LogP contribution is 2.37. The van der Waals surface area contributed by atoms with Crippen molar-refractivity contribution < 1.29 is 5.21 Å². The van der Waals surface area contributed by atoms with E-state index in [0.29, 0.717) is 0 Å². The lowest BCUT2D eigenvalue weighted by atomic mass is 9.23. The minimum atomic E-state index is -0.276. The summed E-state index contributed by atoms with van der Waals surface area (Å²) in [5.41, 5.74) is 5.54. The van der Waals surface area contributed by atoms with Crippen LogP contribution in [0, 0.1) is 0 Å². The molecule has 0 atom stereocenters. The Morgan fingerprint density at radius 2 is 1.55 bits per heavy atom. The molecule has 0 aliphatic carbocycles. The van der Waals surface area contributed by atoms with Gasteiger partial charge in [0.25, 0.3) is 0 Å². The molecular formula is C3H13B5N2O. The zero-order valence-corrected chi connectivity index (χ0v) is 7.97. The van der Waals surface area contributed by atoms with E-state index in [1.165, 1.54) is 0 Å². The summed E-state index contributed by atoms with van der Waals surface area (Å²) in [6.07, 6.45) is 0. The van der Waals surface area contributed by atoms with Crippen LogP contribution in [0.25, 0.3) is 0 Å². The molecule has 0 fully saturated rings. The van der Waals surface area contributed by atoms with Gasteiger partial charge < -0.3 is 10.9 Å². The summed E-state index contributed by atoms with van der Waals surface area (Å²) >= 11 is 0. The average Bonchev–Trinajstić information content (AvgIpc) is 1.83. The Balaban J connectivity index is 4.74. The highest BCUT2D eigenvalue weighted by Gasteiger charge is 2.36. The summed E-state index contributed by atoms with van der Waals surface area (Å²) in [7, 11) is 10.1. The number of amidine groups is 1. The van der Waals surface area contributed by atoms with E-state index in [2.05, 4.69) is 28.7 Å². The van der Waals surface area contributed by atoms with Crippen LogP contribution < -0.4 is 5.73 Å². The third-order valence-corrected chi connectivity index (χ3v) is 2.62. The first-order chi connectivity index (χ1) is 4.73. The summed E-state index contributed by atoms with van der Waals surface area (Å²) in [5.74, 6) is 0.282. The highest BCUT2D eigenvalue weighted by atomic mass is 16.4. The second kappa shape index (κ2) is 2.91. The van der Waals surface area contributed by atoms with Gasteiger partial charge in [0.2, 0.25) is 0 Å². The van der Waals surface area contributed by atoms with Crippen LogP contribution in [0.3, 0.4) is 0 Å². The molecule has 0 bridgehead atoms. The minimum absolute atomic E-state index is 0.00329. The van der Waals surface area contributed by atoms with Crippen molar-refractivity contribution in [1.82, 2.24) is 0 Å². The van der Waals surface area contributed by atoms with Gasteiger partial charge in [-0.1, -0.05) is 5.16 Å². The second-order valence-corrected chi connectivity index (χ2v) is 4.36. The van der Waals surface area contributed by atoms with Crippen LogP contribution in [-0.4, -0.2) is 50.3 Å². The van der Waals surface area contributed by atoms with E-state index in [4.69, 9.17) is 10.9 Å². The van der Waals surface area contributed by atoms with Crippen molar-refractivity contribution in [2.75, 3.05) is 0 Å². The van der Waals surface area contributed by atoms with Crippen LogP contribution in [0.5, 0.6) is 0 Å². The number of hydrogen-bond donors (Lipinski definition) is 2. The molecule has 0 saturated carbocycles. The SMILES string of the molecule is BC(B)(B)C(B)(B)/C(N)=N/O. The first kappa shape index (κ1) is 10.6. The van der Waals surface area contributed by atoms with Crippen molar-refractivity contribution in [2.24, 2.45) is 10.9 Å². The molecule has 0 amide bonds. The zero-order chi connectivity index (χ0) is 9.28. The normalized spacial score (nSPS) is 14.7. The highest BCUT2D eigenvalue weighted by molar-refractivity contribution is 6.71. The molecule has 3 N–H and O–H groups in total. The van der Waals surface area contributed by atoms with E-state index in [-0.39, 0.29) is 16.2 Å². The maximum Gasteiger partial charge on any atom is 0.128 e. The van der Waals surface area contributed by atoms with Gasteiger partial charge in [0.1, 0.15) is 21.5 Å². The van der Waals surface area contributed by atoms with Gasteiger partial charge in [0, 0.05) is 0 Å². The molecule has 0 aromatic carbocycles. The van der Waals surface area contributed by atoms with Crippen LogP contribution >= 0.6 is 0 Å². The summed E-state index contributed by atoms with van der Waals surface area (Å²) in [5, 5.41) is 11.2. The van der Waals surface area contributed by atoms with Gasteiger partial charge in [-0.25, -0.2) is 0 Å². The molecule has 0 spiro atoms. The van der Waals surface area contributed by atoms with E-state index in [1.807, 2.05) is 15.7 Å². The summed E-state index contributed by atoms with van der Waals surface area (Å²) in [6.45, 7) is 0. The van der Waals surface area contributed by atoms with E-state index < -0.39 is 0 Å². The molecule has 0 aromatic rings. The average molecular weight is 147 g/mol. The largest absolute Gasteiger partial charge is 0.409 e. The van der Waals surface area contributed by atoms with Crippen LogP contribution in [-0.2, 0) is 0 Å². The minimum Gasteiger partial charge on any atom is -0.409 e. The van der Waals surface area contributed by atoms with Crippen molar-refractivity contribution in [2.45, 2.75) is 10.3 Å². The van der Waals surface area contributed by atoms with Crippen molar-refractivity contribution in [1.29, 1.82) is 0 Å². The lowest BCUT2D eigenvalue weighted by Gasteiger charge is -2.38. The van der Waals surface area contributed by atoms with Crippen LogP contribution in [0.4, 0.5) is 0 Å². The number of nitrogens with zero attached hydrogens (tertiary/aromatic N) is 1. The van der Waals surface area contributed by atoms with Gasteiger partial charge in [0.15, 0.2) is 0 Å². The fourth-order valence-corrected chi connectivity index (χ4v) is 0.509. The summed E-state index contributed by atoms with van der Waals surface area (Å²) in [6, 6.07) is 0. The molecule has 56 valence electrons. The molecule has 3 nitrogen and oxygen atoms in total. The fraction of sp³-hybridized carbons (Fsp3) is 0.667. The molecule has 0 unspecified atom stereocenters. The molecular weight excluding hydrogens is 134 g/mol. The Morgan fingerprint density at radius 1 is 1.18 bits per heavy atom. The predicted octanol–water partition coefficient (Wildman–Crippen LogP) is -4.91. The summed E-state index contributed by atoms with van der Waals surface area (Å²) < 4.78 is 0. The molecule has 0 heterocycles. The van der Waals surface area contributed by atoms with Crippen LogP contribution in [0.15, 0.2) is 5.16 Å². The Kier molecular flexibility index (Phi) is 2.81. The standard InChI is InChI=1S/C3H13B5N2O/c4-2(5,1(9)10-11)3(6,7)8/h11H,4-8H2,(H2,9,10). The number of hydrogen-bond acceptors (Lipinski definition) is 2. The topological polar surface area (TPSA) is 58.6 Å². The molecule has 0 rings (SSSR count). The van der Waals surface area contributed by atoms with Gasteiger partial charge in [-0.3, -0.25) is 0 Å². The predicted molar refractivity (Wildman–Crippen MR) is 61.5 cm³/mol. The molecule has 0 saturated heterocycles. The third-order valence-electron chi connectivity index (χ3n) is 2.62. The lowest BCUT2D eigenvalue weighted by molar-refractivity contribution is 0.316. The number of nitrogens with two attached hydrogens (primary N) is 1. The van der Waals surface area contributed by atoms with Crippen molar-refractivity contribution in [3.63, 3.8) is 0 Å². The molecule has 11 heavy (non-hydrogen) atoms. The Labute approximate surface area is 72.2 Å². The molecule has 0 aliphatic rings. The molecule has 0 aromatic heterocycles. The quantitative estimate of drug-likeness (QED) is 0.135. The van der Waals surface area contributed by atoms with Crippen molar-refractivity contribution in [3.05, 3.63) is 0 Å². The maximum atomic E-state index is 8.50. The van der Waals surface area contributed by atoms with Crippen molar-refractivity contribution >= 4 is 45.1 Å². The van der Waals surface area contributed by atoms with Gasteiger partial charge >= 0.3 is 0 Å². The van der Waals surface area contributed by atoms with Gasteiger partial charge in [-0.2, -0.15) is 0 Å². The molecule has 0 aliphatic heterocycles. The van der Waals surface area contributed by atoms with E-state index in [9.17, 15) is 0 Å². The van der Waals surface area contributed by atoms with Gasteiger partial charge in [-0.15, -0.1) is 5.11 Å². The summed E-state index contributed by atoms with van der Waals surface area (Å²) in [4.78, 5) is 0. The molecule has 8 heteroatoms. The second-order valence-electron chi connectivity index (χ2n) is 4.36. The zero-order valence-electron chi connectivity index (χ0n) is 7.97. The smallest absolute Gasteiger partial charge is 0.128 e. The van der Waals surface area contributed by atoms with E-state index >= 15 is 0 Å². The third kappa shape index (κ3) is 2.01. The number of oxime groups is 1.